The fraction of sp³-hybridized carbons (Fsp3) is 0.556. The predicted molar refractivity (Wildman–Crippen MR) is 103 cm³/mol. The van der Waals surface area contributed by atoms with Gasteiger partial charge in [-0.3, -0.25) is 14.5 Å². The molecule has 0 aliphatic carbocycles. The van der Waals surface area contributed by atoms with Crippen LogP contribution in [0.25, 0.3) is 0 Å². The van der Waals surface area contributed by atoms with E-state index in [2.05, 4.69) is 10.6 Å². The number of nitrogens with zero attached hydrogens (tertiary/aromatic N) is 2. The van der Waals surface area contributed by atoms with Crippen LogP contribution in [0.15, 0.2) is 29.2 Å². The highest BCUT2D eigenvalue weighted by atomic mass is 32.2. The van der Waals surface area contributed by atoms with E-state index in [9.17, 15) is 22.4 Å². The Balaban J connectivity index is 1.82. The van der Waals surface area contributed by atoms with Crippen molar-refractivity contribution in [1.29, 1.82) is 0 Å². The lowest BCUT2D eigenvalue weighted by Crippen LogP contribution is -2.53. The molecule has 1 aliphatic heterocycles. The molecule has 28 heavy (non-hydrogen) atoms. The van der Waals surface area contributed by atoms with E-state index in [0.29, 0.717) is 19.6 Å². The van der Waals surface area contributed by atoms with E-state index in [1.807, 2.05) is 11.8 Å². The first kappa shape index (κ1) is 22.3. The Morgan fingerprint density at radius 3 is 2.32 bits per heavy atom. The summed E-state index contributed by atoms with van der Waals surface area (Å²) in [5.41, 5.74) is 0. The highest BCUT2D eigenvalue weighted by molar-refractivity contribution is 7.89. The van der Waals surface area contributed by atoms with Gasteiger partial charge in [-0.05, 0) is 37.6 Å². The molecule has 1 aromatic carbocycles. The summed E-state index contributed by atoms with van der Waals surface area (Å²) in [4.78, 5) is 25.8. The van der Waals surface area contributed by atoms with Crippen molar-refractivity contribution in [2.24, 2.45) is 0 Å². The molecule has 1 saturated heterocycles. The van der Waals surface area contributed by atoms with Crippen molar-refractivity contribution >= 4 is 21.8 Å². The summed E-state index contributed by atoms with van der Waals surface area (Å²) in [6.45, 7) is 5.47. The van der Waals surface area contributed by atoms with Crippen LogP contribution >= 0.6 is 0 Å². The minimum absolute atomic E-state index is 0.0482. The van der Waals surface area contributed by atoms with Gasteiger partial charge in [0.25, 0.3) is 0 Å². The SMILES string of the molecule is CCCNC(=O)[C@@H](C)NC(=O)CN1CCN(S(=O)(=O)c2ccc(F)cc2)CC1. The highest BCUT2D eigenvalue weighted by Gasteiger charge is 2.29. The van der Waals surface area contributed by atoms with Crippen LogP contribution in [0.1, 0.15) is 20.3 Å². The summed E-state index contributed by atoms with van der Waals surface area (Å²) in [5.74, 6) is -1.01. The zero-order valence-corrected chi connectivity index (χ0v) is 17.0. The van der Waals surface area contributed by atoms with Crippen LogP contribution < -0.4 is 10.6 Å². The number of hydrogen-bond acceptors (Lipinski definition) is 5. The first-order chi connectivity index (χ1) is 13.2. The molecule has 0 radical (unpaired) electrons. The van der Waals surface area contributed by atoms with Crippen LogP contribution in [0.4, 0.5) is 4.39 Å². The lowest BCUT2D eigenvalue weighted by Gasteiger charge is -2.33. The Labute approximate surface area is 165 Å². The molecule has 0 aromatic heterocycles. The van der Waals surface area contributed by atoms with Crippen molar-refractivity contribution in [2.75, 3.05) is 39.3 Å². The molecular weight excluding hydrogens is 387 g/mol. The van der Waals surface area contributed by atoms with E-state index < -0.39 is 21.9 Å². The molecule has 1 aromatic rings. The number of sulfonamides is 1. The fourth-order valence-corrected chi connectivity index (χ4v) is 4.26. The Hall–Kier alpha value is -2.04. The van der Waals surface area contributed by atoms with Crippen LogP contribution in [0.2, 0.25) is 0 Å². The van der Waals surface area contributed by atoms with Crippen LogP contribution in [0.3, 0.4) is 0 Å². The number of halogens is 1. The monoisotopic (exact) mass is 414 g/mol. The summed E-state index contributed by atoms with van der Waals surface area (Å²) >= 11 is 0. The standard InChI is InChI=1S/C18H27FN4O4S/c1-3-8-20-18(25)14(2)21-17(24)13-22-9-11-23(12-10-22)28(26,27)16-6-4-15(19)5-7-16/h4-7,14H,3,8-13H2,1-2H3,(H,20,25)(H,21,24)/t14-/m1/s1. The number of nitrogens with one attached hydrogen (secondary N) is 2. The number of benzene rings is 1. The second-order valence-corrected chi connectivity index (χ2v) is 8.65. The van der Waals surface area contributed by atoms with Crippen LogP contribution in [-0.2, 0) is 19.6 Å². The summed E-state index contributed by atoms with van der Waals surface area (Å²) in [7, 11) is -3.68. The van der Waals surface area contributed by atoms with Crippen molar-refractivity contribution in [3.63, 3.8) is 0 Å². The van der Waals surface area contributed by atoms with Crippen molar-refractivity contribution < 1.29 is 22.4 Å². The molecule has 0 bridgehead atoms. The molecule has 10 heteroatoms. The van der Waals surface area contributed by atoms with Crippen LogP contribution in [0.5, 0.6) is 0 Å². The maximum Gasteiger partial charge on any atom is 0.243 e. The van der Waals surface area contributed by atoms with E-state index >= 15 is 0 Å². The molecule has 0 unspecified atom stereocenters. The Morgan fingerprint density at radius 2 is 1.75 bits per heavy atom. The second-order valence-electron chi connectivity index (χ2n) is 6.71. The third kappa shape index (κ3) is 5.98. The number of piperazine rings is 1. The molecule has 2 amide bonds. The Kier molecular flexibility index (Phi) is 7.90. The molecule has 0 saturated carbocycles. The molecule has 0 spiro atoms. The molecule has 1 fully saturated rings. The summed E-state index contributed by atoms with van der Waals surface area (Å²) in [6, 6.07) is 4.10. The molecule has 156 valence electrons. The smallest absolute Gasteiger partial charge is 0.243 e. The van der Waals surface area contributed by atoms with Crippen LogP contribution in [-0.4, -0.2) is 74.7 Å². The third-order valence-corrected chi connectivity index (χ3v) is 6.38. The quantitative estimate of drug-likeness (QED) is 0.632. The van der Waals surface area contributed by atoms with Gasteiger partial charge >= 0.3 is 0 Å². The van der Waals surface area contributed by atoms with Gasteiger partial charge in [-0.1, -0.05) is 6.92 Å². The third-order valence-electron chi connectivity index (χ3n) is 4.47. The van der Waals surface area contributed by atoms with Gasteiger partial charge in [0, 0.05) is 32.7 Å². The summed E-state index contributed by atoms with van der Waals surface area (Å²) in [5, 5.41) is 5.37. The van der Waals surface area contributed by atoms with Crippen LogP contribution in [0, 0.1) is 5.82 Å². The van der Waals surface area contributed by atoms with E-state index in [4.69, 9.17) is 0 Å². The molecule has 8 nitrogen and oxygen atoms in total. The largest absolute Gasteiger partial charge is 0.354 e. The Bertz CT molecular complexity index is 777. The van der Waals surface area contributed by atoms with Gasteiger partial charge in [0.05, 0.1) is 11.4 Å². The highest BCUT2D eigenvalue weighted by Crippen LogP contribution is 2.17. The van der Waals surface area contributed by atoms with Gasteiger partial charge in [0.1, 0.15) is 11.9 Å². The molecule has 2 rings (SSSR count). The fourth-order valence-electron chi connectivity index (χ4n) is 2.84. The summed E-state index contributed by atoms with van der Waals surface area (Å²) < 4.78 is 39.5. The zero-order valence-electron chi connectivity index (χ0n) is 16.2. The van der Waals surface area contributed by atoms with Gasteiger partial charge in [0.15, 0.2) is 0 Å². The van der Waals surface area contributed by atoms with E-state index in [1.165, 1.54) is 16.4 Å². The minimum Gasteiger partial charge on any atom is -0.354 e. The number of carbonyl (C=O) groups is 2. The lowest BCUT2D eigenvalue weighted by atomic mass is 10.3. The van der Waals surface area contributed by atoms with Crippen molar-refractivity contribution in [3.05, 3.63) is 30.1 Å². The van der Waals surface area contributed by atoms with Gasteiger partial charge in [0.2, 0.25) is 21.8 Å². The van der Waals surface area contributed by atoms with Gasteiger partial charge in [-0.2, -0.15) is 4.31 Å². The normalized spacial score (nSPS) is 17.1. The molecular formula is C18H27FN4O4S. The average Bonchev–Trinajstić information content (AvgIpc) is 2.66. The van der Waals surface area contributed by atoms with E-state index in [-0.39, 0.29) is 36.3 Å². The maximum absolute atomic E-state index is 13.0. The number of amides is 2. The van der Waals surface area contributed by atoms with Crippen molar-refractivity contribution in [2.45, 2.75) is 31.2 Å². The second kappa shape index (κ2) is 9.94. The van der Waals surface area contributed by atoms with Crippen molar-refractivity contribution in [3.8, 4) is 0 Å². The molecule has 1 atom stereocenters. The zero-order chi connectivity index (χ0) is 20.7. The van der Waals surface area contributed by atoms with Gasteiger partial charge in [-0.25, -0.2) is 12.8 Å². The first-order valence-electron chi connectivity index (χ1n) is 9.29. The average molecular weight is 415 g/mol. The lowest BCUT2D eigenvalue weighted by molar-refractivity contribution is -0.129. The topological polar surface area (TPSA) is 98.8 Å². The van der Waals surface area contributed by atoms with Gasteiger partial charge < -0.3 is 10.6 Å². The van der Waals surface area contributed by atoms with Gasteiger partial charge in [-0.15, -0.1) is 0 Å². The van der Waals surface area contributed by atoms with E-state index in [0.717, 1.165) is 18.6 Å². The molecule has 1 aliphatic rings. The number of carbonyl (C=O) groups excluding carboxylic acids is 2. The summed E-state index contributed by atoms with van der Waals surface area (Å²) in [6.07, 6.45) is 0.817. The number of hydrogen-bond donors (Lipinski definition) is 2. The predicted octanol–water partition coefficient (Wildman–Crippen LogP) is 0.163. The maximum atomic E-state index is 13.0. The molecule has 1 heterocycles. The first-order valence-corrected chi connectivity index (χ1v) is 10.7. The Morgan fingerprint density at radius 1 is 1.14 bits per heavy atom. The minimum atomic E-state index is -3.68. The molecule has 2 N–H and O–H groups in total. The number of rotatable bonds is 8. The van der Waals surface area contributed by atoms with Crippen molar-refractivity contribution in [1.82, 2.24) is 19.8 Å². The van der Waals surface area contributed by atoms with E-state index in [1.54, 1.807) is 6.92 Å².